The number of H-pyrrole nitrogens is 1. The van der Waals surface area contributed by atoms with Gasteiger partial charge in [0.2, 0.25) is 11.8 Å². The number of thiazole rings is 1. The molecule has 8 nitrogen and oxygen atoms in total. The van der Waals surface area contributed by atoms with Crippen LogP contribution in [0.3, 0.4) is 0 Å². The van der Waals surface area contributed by atoms with Gasteiger partial charge in [-0.2, -0.15) is 0 Å². The average Bonchev–Trinajstić information content (AvgIpc) is 3.67. The summed E-state index contributed by atoms with van der Waals surface area (Å²) in [5.74, 6) is 1.20. The number of nitrogens with one attached hydrogen (secondary N) is 1. The first-order chi connectivity index (χ1) is 18.4. The van der Waals surface area contributed by atoms with E-state index in [1.165, 1.54) is 16.2 Å². The van der Waals surface area contributed by atoms with Crippen molar-refractivity contribution in [2.75, 3.05) is 26.2 Å². The van der Waals surface area contributed by atoms with Crippen LogP contribution in [0.1, 0.15) is 22.8 Å². The SMILES string of the molecule is COc1ccc(N2C(=O)[C@@H]3[C@H]4C[C@@H]([C@@H]3C2=O)[C@@H]2[C@H](c3ccc(OC)c(OC)c3)c3sc(=O)[nH]c3S[C@@H]42)cc1. The van der Waals surface area contributed by atoms with Crippen molar-refractivity contribution in [1.29, 1.82) is 0 Å². The second kappa shape index (κ2) is 8.64. The lowest BCUT2D eigenvalue weighted by Gasteiger charge is -2.43. The number of anilines is 1. The van der Waals surface area contributed by atoms with Gasteiger partial charge in [0, 0.05) is 16.0 Å². The number of hydrogen-bond acceptors (Lipinski definition) is 8. The number of amides is 2. The van der Waals surface area contributed by atoms with E-state index in [0.717, 1.165) is 21.9 Å². The predicted octanol–water partition coefficient (Wildman–Crippen LogP) is 4.14. The van der Waals surface area contributed by atoms with E-state index in [9.17, 15) is 14.4 Å². The molecule has 3 aromatic rings. The molecule has 2 saturated carbocycles. The molecule has 2 aromatic carbocycles. The molecule has 3 fully saturated rings. The van der Waals surface area contributed by atoms with Gasteiger partial charge in [-0.15, -0.1) is 11.8 Å². The third-order valence-corrected chi connectivity index (χ3v) is 11.4. The van der Waals surface area contributed by atoms with Crippen molar-refractivity contribution in [2.24, 2.45) is 29.6 Å². The van der Waals surface area contributed by atoms with Crippen molar-refractivity contribution in [1.82, 2.24) is 4.98 Å². The fourth-order valence-corrected chi connectivity index (χ4v) is 10.3. The zero-order valence-corrected chi connectivity index (χ0v) is 22.6. The van der Waals surface area contributed by atoms with E-state index in [4.69, 9.17) is 14.2 Å². The van der Waals surface area contributed by atoms with Crippen molar-refractivity contribution < 1.29 is 23.8 Å². The van der Waals surface area contributed by atoms with Gasteiger partial charge in [-0.25, -0.2) is 0 Å². The van der Waals surface area contributed by atoms with Gasteiger partial charge >= 0.3 is 4.87 Å². The second-order valence-electron chi connectivity index (χ2n) is 10.3. The molecule has 10 heteroatoms. The number of hydrogen-bond donors (Lipinski definition) is 1. The molecule has 196 valence electrons. The third-order valence-electron chi connectivity index (χ3n) is 8.82. The number of rotatable bonds is 5. The molecule has 0 radical (unpaired) electrons. The average molecular weight is 551 g/mol. The zero-order chi connectivity index (χ0) is 26.3. The molecule has 0 unspecified atom stereocenters. The molecule has 2 aliphatic heterocycles. The van der Waals surface area contributed by atoms with Gasteiger partial charge < -0.3 is 19.2 Å². The van der Waals surface area contributed by atoms with Crippen molar-refractivity contribution in [2.45, 2.75) is 22.6 Å². The molecule has 2 bridgehead atoms. The summed E-state index contributed by atoms with van der Waals surface area (Å²) in [5.41, 5.74) is 1.62. The Morgan fingerprint density at radius 1 is 0.868 bits per heavy atom. The maximum absolute atomic E-state index is 13.9. The first kappa shape index (κ1) is 23.8. The number of benzene rings is 2. The Balaban J connectivity index is 1.31. The fourth-order valence-electron chi connectivity index (χ4n) is 7.42. The monoisotopic (exact) mass is 550 g/mol. The van der Waals surface area contributed by atoms with E-state index < -0.39 is 0 Å². The number of thioether (sulfide) groups is 1. The molecule has 7 atom stereocenters. The van der Waals surface area contributed by atoms with E-state index in [0.29, 0.717) is 22.9 Å². The molecule has 38 heavy (non-hydrogen) atoms. The molecule has 1 N–H and O–H groups in total. The molecule has 1 aromatic heterocycles. The van der Waals surface area contributed by atoms with Gasteiger partial charge in [0.25, 0.3) is 0 Å². The molecule has 2 aliphatic carbocycles. The minimum Gasteiger partial charge on any atom is -0.497 e. The minimum absolute atomic E-state index is 0.0469. The highest BCUT2D eigenvalue weighted by Gasteiger charge is 2.69. The predicted molar refractivity (Wildman–Crippen MR) is 144 cm³/mol. The maximum atomic E-state index is 13.9. The summed E-state index contributed by atoms with van der Waals surface area (Å²) in [6.45, 7) is 0. The van der Waals surface area contributed by atoms with Crippen LogP contribution in [-0.4, -0.2) is 43.4 Å². The van der Waals surface area contributed by atoms with Crippen LogP contribution in [0, 0.1) is 29.6 Å². The Morgan fingerprint density at radius 2 is 1.58 bits per heavy atom. The smallest absolute Gasteiger partial charge is 0.305 e. The van der Waals surface area contributed by atoms with Gasteiger partial charge in [-0.1, -0.05) is 17.4 Å². The number of imide groups is 1. The number of aromatic amines is 1. The van der Waals surface area contributed by atoms with Crippen molar-refractivity contribution in [3.8, 4) is 17.2 Å². The number of nitrogens with zero attached hydrogens (tertiary/aromatic N) is 1. The number of methoxy groups -OCH3 is 3. The summed E-state index contributed by atoms with van der Waals surface area (Å²) in [6, 6.07) is 13.0. The van der Waals surface area contributed by atoms with Crippen LogP contribution in [0.4, 0.5) is 5.69 Å². The van der Waals surface area contributed by atoms with E-state index in [1.807, 2.05) is 18.2 Å². The van der Waals surface area contributed by atoms with Crippen LogP contribution in [0.15, 0.2) is 52.3 Å². The molecule has 3 heterocycles. The summed E-state index contributed by atoms with van der Waals surface area (Å²) in [4.78, 5) is 45.4. The standard InChI is InChI=1S/C28H26N2O6S2/c1-34-14-7-5-13(6-8-14)30-26(31)21-15-11-16(22(21)27(30)32)23-20(15)19(24-25(37-23)29-28(33)38-24)12-4-9-17(35-2)18(10-12)36-3/h4-10,15-16,19-23H,11H2,1-3H3,(H,29,33)/t15-,16-,19+,20-,21+,22-,23+/m1/s1. The van der Waals surface area contributed by atoms with Gasteiger partial charge in [0.1, 0.15) is 5.75 Å². The second-order valence-corrected chi connectivity index (χ2v) is 12.5. The Bertz CT molecular complexity index is 1510. The normalized spacial score (nSPS) is 30.7. The molecule has 2 amide bonds. The van der Waals surface area contributed by atoms with Gasteiger partial charge in [0.15, 0.2) is 11.5 Å². The molecule has 4 aliphatic rings. The van der Waals surface area contributed by atoms with Crippen molar-refractivity contribution in [3.05, 3.63) is 62.6 Å². The van der Waals surface area contributed by atoms with E-state index in [-0.39, 0.29) is 57.4 Å². The number of fused-ring (bicyclic) bond motifs is 9. The number of carbonyl (C=O) groups excluding carboxylic acids is 2. The highest BCUT2D eigenvalue weighted by molar-refractivity contribution is 8.00. The van der Waals surface area contributed by atoms with Gasteiger partial charge in [0.05, 0.1) is 43.9 Å². The fraction of sp³-hybridized carbons (Fsp3) is 0.393. The minimum atomic E-state index is -0.351. The Kier molecular flexibility index (Phi) is 5.42. The molecular weight excluding hydrogens is 524 g/mol. The summed E-state index contributed by atoms with van der Waals surface area (Å²) in [6.07, 6.45) is 0.842. The van der Waals surface area contributed by atoms with E-state index >= 15 is 0 Å². The lowest BCUT2D eigenvalue weighted by molar-refractivity contribution is -0.123. The largest absolute Gasteiger partial charge is 0.497 e. The van der Waals surface area contributed by atoms with Gasteiger partial charge in [-0.05, 0) is 66.1 Å². The lowest BCUT2D eigenvalue weighted by Crippen LogP contribution is -2.42. The van der Waals surface area contributed by atoms with Crippen LogP contribution >= 0.6 is 23.1 Å². The summed E-state index contributed by atoms with van der Waals surface area (Å²) in [7, 11) is 4.80. The summed E-state index contributed by atoms with van der Waals surface area (Å²) in [5, 5.41) is 1.01. The molecule has 7 rings (SSSR count). The third kappa shape index (κ3) is 3.19. The Morgan fingerprint density at radius 3 is 2.26 bits per heavy atom. The zero-order valence-electron chi connectivity index (χ0n) is 21.0. The van der Waals surface area contributed by atoms with Crippen LogP contribution in [-0.2, 0) is 9.59 Å². The highest BCUT2D eigenvalue weighted by atomic mass is 32.2. The van der Waals surface area contributed by atoms with E-state index in [1.54, 1.807) is 57.4 Å². The quantitative estimate of drug-likeness (QED) is 0.477. The van der Waals surface area contributed by atoms with Crippen molar-refractivity contribution >= 4 is 40.6 Å². The molecule has 0 spiro atoms. The first-order valence-electron chi connectivity index (χ1n) is 12.6. The number of ether oxygens (including phenoxy) is 3. The van der Waals surface area contributed by atoms with Crippen LogP contribution in [0.25, 0.3) is 0 Å². The van der Waals surface area contributed by atoms with Crippen LogP contribution < -0.4 is 24.0 Å². The number of carbonyl (C=O) groups is 2. The molecule has 1 saturated heterocycles. The Hall–Kier alpha value is -3.24. The lowest BCUT2D eigenvalue weighted by atomic mass is 9.68. The van der Waals surface area contributed by atoms with Crippen LogP contribution in [0.2, 0.25) is 0 Å². The first-order valence-corrected chi connectivity index (χ1v) is 14.3. The van der Waals surface area contributed by atoms with Crippen LogP contribution in [0.5, 0.6) is 17.2 Å². The maximum Gasteiger partial charge on any atom is 0.305 e. The number of aromatic nitrogens is 1. The molecular formula is C28H26N2O6S2. The van der Waals surface area contributed by atoms with Crippen molar-refractivity contribution in [3.63, 3.8) is 0 Å². The highest BCUT2D eigenvalue weighted by Crippen LogP contribution is 2.68. The summed E-state index contributed by atoms with van der Waals surface area (Å²) >= 11 is 2.92. The Labute approximate surface area is 227 Å². The summed E-state index contributed by atoms with van der Waals surface area (Å²) < 4.78 is 16.3. The topological polar surface area (TPSA) is 97.9 Å². The van der Waals surface area contributed by atoms with Gasteiger partial charge in [-0.3, -0.25) is 19.3 Å². The van der Waals surface area contributed by atoms with E-state index in [2.05, 4.69) is 4.98 Å².